The molecule has 18 heavy (non-hydrogen) atoms. The van der Waals surface area contributed by atoms with E-state index in [1.807, 2.05) is 6.07 Å². The van der Waals surface area contributed by atoms with E-state index >= 15 is 0 Å². The molecule has 0 amide bonds. The Balaban J connectivity index is 1.71. The first kappa shape index (κ1) is 12.7. The second kappa shape index (κ2) is 5.35. The van der Waals surface area contributed by atoms with Gasteiger partial charge in [-0.2, -0.15) is 0 Å². The fourth-order valence-corrected chi connectivity index (χ4v) is 3.87. The van der Waals surface area contributed by atoms with Crippen LogP contribution in [0.4, 0.5) is 5.82 Å². The molecular formula is C13H17BrClN3. The van der Waals surface area contributed by atoms with Crippen LogP contribution in [0.25, 0.3) is 0 Å². The largest absolute Gasteiger partial charge is 0.354 e. The third kappa shape index (κ3) is 2.51. The van der Waals surface area contributed by atoms with Crippen molar-refractivity contribution in [3.8, 4) is 0 Å². The highest BCUT2D eigenvalue weighted by Gasteiger charge is 2.30. The Bertz CT molecular complexity index is 434. The SMILES string of the molecule is Clc1cnc(N2CCC(N3CCCC3)C2)c(Br)c1. The Morgan fingerprint density at radius 1 is 1.28 bits per heavy atom. The number of rotatable bonds is 2. The molecule has 2 fully saturated rings. The van der Waals surface area contributed by atoms with Crippen LogP contribution in [0.15, 0.2) is 16.7 Å². The summed E-state index contributed by atoms with van der Waals surface area (Å²) in [5.74, 6) is 1.03. The van der Waals surface area contributed by atoms with Crippen LogP contribution in [-0.4, -0.2) is 42.1 Å². The summed E-state index contributed by atoms with van der Waals surface area (Å²) in [6.45, 7) is 4.73. The molecule has 0 saturated carbocycles. The smallest absolute Gasteiger partial charge is 0.143 e. The molecule has 0 aliphatic carbocycles. The average molecular weight is 331 g/mol. The third-order valence-electron chi connectivity index (χ3n) is 3.91. The number of likely N-dealkylation sites (tertiary alicyclic amines) is 1. The number of hydrogen-bond acceptors (Lipinski definition) is 3. The maximum Gasteiger partial charge on any atom is 0.143 e. The van der Waals surface area contributed by atoms with Gasteiger partial charge in [-0.25, -0.2) is 4.98 Å². The number of nitrogens with zero attached hydrogens (tertiary/aromatic N) is 3. The zero-order valence-corrected chi connectivity index (χ0v) is 12.6. The molecule has 98 valence electrons. The first-order valence-electron chi connectivity index (χ1n) is 6.54. The molecule has 0 bridgehead atoms. The van der Waals surface area contributed by atoms with Crippen LogP contribution in [0.3, 0.4) is 0 Å². The second-order valence-electron chi connectivity index (χ2n) is 5.09. The summed E-state index contributed by atoms with van der Waals surface area (Å²) in [7, 11) is 0. The van der Waals surface area contributed by atoms with Gasteiger partial charge in [0.05, 0.1) is 9.50 Å². The molecule has 1 aromatic rings. The predicted molar refractivity (Wildman–Crippen MR) is 78.4 cm³/mol. The van der Waals surface area contributed by atoms with E-state index in [9.17, 15) is 0 Å². The minimum absolute atomic E-state index is 0.681. The Morgan fingerprint density at radius 2 is 2.06 bits per heavy atom. The number of halogens is 2. The molecule has 0 spiro atoms. The van der Waals surface area contributed by atoms with E-state index < -0.39 is 0 Å². The summed E-state index contributed by atoms with van der Waals surface area (Å²) in [6.07, 6.45) is 5.69. The van der Waals surface area contributed by atoms with E-state index in [0.717, 1.165) is 23.4 Å². The van der Waals surface area contributed by atoms with Gasteiger partial charge in [0.25, 0.3) is 0 Å². The van der Waals surface area contributed by atoms with E-state index in [4.69, 9.17) is 11.6 Å². The number of hydrogen-bond donors (Lipinski definition) is 0. The van der Waals surface area contributed by atoms with Gasteiger partial charge in [0.15, 0.2) is 0 Å². The molecule has 3 rings (SSSR count). The minimum Gasteiger partial charge on any atom is -0.354 e. The zero-order valence-electron chi connectivity index (χ0n) is 10.3. The fourth-order valence-electron chi connectivity index (χ4n) is 2.98. The van der Waals surface area contributed by atoms with E-state index in [-0.39, 0.29) is 0 Å². The molecule has 0 aromatic carbocycles. The average Bonchev–Trinajstić information content (AvgIpc) is 2.99. The highest BCUT2D eigenvalue weighted by molar-refractivity contribution is 9.10. The second-order valence-corrected chi connectivity index (χ2v) is 6.38. The van der Waals surface area contributed by atoms with Crippen LogP contribution >= 0.6 is 27.5 Å². The summed E-state index contributed by atoms with van der Waals surface area (Å²) in [4.78, 5) is 9.44. The normalized spacial score (nSPS) is 25.0. The van der Waals surface area contributed by atoms with Crippen LogP contribution in [0.2, 0.25) is 5.02 Å². The van der Waals surface area contributed by atoms with Gasteiger partial charge >= 0.3 is 0 Å². The summed E-state index contributed by atoms with van der Waals surface area (Å²) in [5.41, 5.74) is 0. The number of pyridine rings is 1. The van der Waals surface area contributed by atoms with Crippen molar-refractivity contribution in [1.82, 2.24) is 9.88 Å². The maximum absolute atomic E-state index is 5.94. The van der Waals surface area contributed by atoms with Crippen LogP contribution in [-0.2, 0) is 0 Å². The Kier molecular flexibility index (Phi) is 3.78. The summed E-state index contributed by atoms with van der Waals surface area (Å²) < 4.78 is 0.997. The Hall–Kier alpha value is -0.320. The Labute approximate surface area is 121 Å². The highest BCUT2D eigenvalue weighted by Crippen LogP contribution is 2.30. The van der Waals surface area contributed by atoms with Crippen molar-refractivity contribution in [2.75, 3.05) is 31.1 Å². The van der Waals surface area contributed by atoms with Crippen molar-refractivity contribution >= 4 is 33.3 Å². The van der Waals surface area contributed by atoms with Crippen molar-refractivity contribution in [1.29, 1.82) is 0 Å². The molecule has 5 heteroatoms. The lowest BCUT2D eigenvalue weighted by atomic mass is 10.2. The molecule has 3 heterocycles. The van der Waals surface area contributed by atoms with Gasteiger partial charge in [-0.05, 0) is 54.3 Å². The van der Waals surface area contributed by atoms with Gasteiger partial charge in [0.2, 0.25) is 0 Å². The third-order valence-corrected chi connectivity index (χ3v) is 4.70. The van der Waals surface area contributed by atoms with Crippen LogP contribution in [0, 0.1) is 0 Å². The van der Waals surface area contributed by atoms with Crippen molar-refractivity contribution < 1.29 is 0 Å². The van der Waals surface area contributed by atoms with Gasteiger partial charge in [-0.3, -0.25) is 4.90 Å². The fraction of sp³-hybridized carbons (Fsp3) is 0.615. The lowest BCUT2D eigenvalue weighted by molar-refractivity contribution is 0.260. The van der Waals surface area contributed by atoms with Gasteiger partial charge < -0.3 is 4.90 Å². The number of aromatic nitrogens is 1. The molecule has 2 aliphatic heterocycles. The van der Waals surface area contributed by atoms with E-state index in [2.05, 4.69) is 30.7 Å². The first-order valence-corrected chi connectivity index (χ1v) is 7.71. The molecule has 2 saturated heterocycles. The lowest BCUT2D eigenvalue weighted by Crippen LogP contribution is -2.35. The zero-order chi connectivity index (χ0) is 12.5. The standard InChI is InChI=1S/C13H17BrClN3/c14-12-7-10(15)8-16-13(12)18-6-3-11(9-18)17-4-1-2-5-17/h7-8,11H,1-6,9H2. The van der Waals surface area contributed by atoms with Gasteiger partial charge in [-0.15, -0.1) is 0 Å². The predicted octanol–water partition coefficient (Wildman–Crippen LogP) is 3.17. The quantitative estimate of drug-likeness (QED) is 0.830. The van der Waals surface area contributed by atoms with Crippen LogP contribution < -0.4 is 4.90 Å². The van der Waals surface area contributed by atoms with Gasteiger partial charge in [0.1, 0.15) is 5.82 Å². The topological polar surface area (TPSA) is 19.4 Å². The van der Waals surface area contributed by atoms with Gasteiger partial charge in [0, 0.05) is 25.3 Å². The van der Waals surface area contributed by atoms with E-state index in [0.29, 0.717) is 11.1 Å². The van der Waals surface area contributed by atoms with Crippen molar-refractivity contribution in [2.24, 2.45) is 0 Å². The lowest BCUT2D eigenvalue weighted by Gasteiger charge is -2.24. The van der Waals surface area contributed by atoms with E-state index in [1.54, 1.807) is 6.20 Å². The molecule has 1 aromatic heterocycles. The molecule has 1 atom stereocenters. The summed E-state index contributed by atoms with van der Waals surface area (Å²) in [5, 5.41) is 0.681. The molecule has 1 unspecified atom stereocenters. The summed E-state index contributed by atoms with van der Waals surface area (Å²) >= 11 is 9.50. The minimum atomic E-state index is 0.681. The molecular weight excluding hydrogens is 314 g/mol. The molecule has 0 N–H and O–H groups in total. The monoisotopic (exact) mass is 329 g/mol. The summed E-state index contributed by atoms with van der Waals surface area (Å²) in [6, 6.07) is 2.63. The maximum atomic E-state index is 5.94. The van der Waals surface area contributed by atoms with Crippen molar-refractivity contribution in [3.05, 3.63) is 21.8 Å². The molecule has 2 aliphatic rings. The van der Waals surface area contributed by atoms with Crippen LogP contribution in [0.1, 0.15) is 19.3 Å². The van der Waals surface area contributed by atoms with Crippen molar-refractivity contribution in [3.63, 3.8) is 0 Å². The van der Waals surface area contributed by atoms with E-state index in [1.165, 1.54) is 32.4 Å². The number of anilines is 1. The molecule has 0 radical (unpaired) electrons. The highest BCUT2D eigenvalue weighted by atomic mass is 79.9. The first-order chi connectivity index (χ1) is 8.74. The van der Waals surface area contributed by atoms with Crippen LogP contribution in [0.5, 0.6) is 0 Å². The van der Waals surface area contributed by atoms with Gasteiger partial charge in [-0.1, -0.05) is 11.6 Å². The van der Waals surface area contributed by atoms with Crippen molar-refractivity contribution in [2.45, 2.75) is 25.3 Å². The molecule has 3 nitrogen and oxygen atoms in total. The Morgan fingerprint density at radius 3 is 2.78 bits per heavy atom.